The third-order valence-electron chi connectivity index (χ3n) is 2.38. The predicted molar refractivity (Wildman–Crippen MR) is 71.9 cm³/mol. The highest BCUT2D eigenvalue weighted by atomic mass is 16.5. The highest BCUT2D eigenvalue weighted by Gasteiger charge is 2.07. The number of ether oxygens (including phenoxy) is 1. The normalized spacial score (nSPS) is 10.6. The van der Waals surface area contributed by atoms with E-state index >= 15 is 0 Å². The van der Waals surface area contributed by atoms with Gasteiger partial charge in [-0.05, 0) is 36.8 Å². The summed E-state index contributed by atoms with van der Waals surface area (Å²) in [5, 5.41) is 2.71. The summed E-state index contributed by atoms with van der Waals surface area (Å²) in [6.45, 7) is 1.89. The summed E-state index contributed by atoms with van der Waals surface area (Å²) in [6, 6.07) is 5.31. The zero-order chi connectivity index (χ0) is 13.7. The standard InChI is InChI=1S/C14H14N2O3/c1-10-8-12(14(18-2)15-9-10)16-13(17)6-5-11-4-3-7-19-11/h3-9H,1-2H3,(H,16,17)/b6-5+. The summed E-state index contributed by atoms with van der Waals surface area (Å²) in [5.41, 5.74) is 1.47. The van der Waals surface area contributed by atoms with Gasteiger partial charge in [-0.2, -0.15) is 0 Å². The molecule has 0 aliphatic rings. The molecule has 2 rings (SSSR count). The molecule has 1 N–H and O–H groups in total. The quantitative estimate of drug-likeness (QED) is 0.856. The molecule has 0 aliphatic heterocycles. The topological polar surface area (TPSA) is 64.4 Å². The lowest BCUT2D eigenvalue weighted by molar-refractivity contribution is -0.111. The fourth-order valence-corrected chi connectivity index (χ4v) is 1.53. The van der Waals surface area contributed by atoms with Crippen LogP contribution >= 0.6 is 0 Å². The Labute approximate surface area is 110 Å². The number of anilines is 1. The van der Waals surface area contributed by atoms with Gasteiger partial charge in [0.2, 0.25) is 11.8 Å². The number of aryl methyl sites for hydroxylation is 1. The van der Waals surface area contributed by atoms with E-state index in [2.05, 4.69) is 10.3 Å². The van der Waals surface area contributed by atoms with Gasteiger partial charge in [0.1, 0.15) is 11.4 Å². The van der Waals surface area contributed by atoms with Gasteiger partial charge in [-0.15, -0.1) is 0 Å². The first-order valence-electron chi connectivity index (χ1n) is 5.72. The molecule has 0 atom stereocenters. The van der Waals surface area contributed by atoms with Crippen LogP contribution in [0.1, 0.15) is 11.3 Å². The fraction of sp³-hybridized carbons (Fsp3) is 0.143. The molecule has 0 aromatic carbocycles. The summed E-state index contributed by atoms with van der Waals surface area (Å²) >= 11 is 0. The molecule has 5 nitrogen and oxygen atoms in total. The third-order valence-corrected chi connectivity index (χ3v) is 2.38. The number of carbonyl (C=O) groups is 1. The molecule has 2 aromatic rings. The third kappa shape index (κ3) is 3.45. The molecule has 2 aromatic heterocycles. The minimum Gasteiger partial charge on any atom is -0.480 e. The number of carbonyl (C=O) groups excluding carboxylic acids is 1. The molecule has 0 saturated heterocycles. The molecular weight excluding hydrogens is 244 g/mol. The van der Waals surface area contributed by atoms with Gasteiger partial charge in [0.15, 0.2) is 0 Å². The lowest BCUT2D eigenvalue weighted by atomic mass is 10.3. The van der Waals surface area contributed by atoms with E-state index in [1.54, 1.807) is 36.7 Å². The summed E-state index contributed by atoms with van der Waals surface area (Å²) in [6.07, 6.45) is 6.20. The molecule has 0 bridgehead atoms. The van der Waals surface area contributed by atoms with Crippen LogP contribution in [0.15, 0.2) is 41.2 Å². The molecule has 2 heterocycles. The van der Waals surface area contributed by atoms with E-state index in [9.17, 15) is 4.79 Å². The number of furan rings is 1. The van der Waals surface area contributed by atoms with Crippen molar-refractivity contribution in [2.24, 2.45) is 0 Å². The van der Waals surface area contributed by atoms with Crippen molar-refractivity contribution >= 4 is 17.7 Å². The first-order chi connectivity index (χ1) is 9.19. The number of pyridine rings is 1. The van der Waals surface area contributed by atoms with Gasteiger partial charge >= 0.3 is 0 Å². The van der Waals surface area contributed by atoms with E-state index in [1.165, 1.54) is 13.2 Å². The average Bonchev–Trinajstić information content (AvgIpc) is 2.90. The lowest BCUT2D eigenvalue weighted by Gasteiger charge is -2.08. The van der Waals surface area contributed by atoms with Crippen LogP contribution in [-0.2, 0) is 4.79 Å². The van der Waals surface area contributed by atoms with Gasteiger partial charge in [-0.25, -0.2) is 4.98 Å². The van der Waals surface area contributed by atoms with Gasteiger partial charge in [0.25, 0.3) is 0 Å². The molecule has 0 aliphatic carbocycles. The number of rotatable bonds is 4. The SMILES string of the molecule is COc1ncc(C)cc1NC(=O)/C=C/c1ccco1. The van der Waals surface area contributed by atoms with Crippen LogP contribution in [0.3, 0.4) is 0 Å². The number of aromatic nitrogens is 1. The molecular formula is C14H14N2O3. The Hall–Kier alpha value is -2.56. The Bertz CT molecular complexity index is 589. The minimum absolute atomic E-state index is 0.276. The maximum atomic E-state index is 11.8. The second kappa shape index (κ2) is 5.86. The second-order valence-electron chi connectivity index (χ2n) is 3.91. The zero-order valence-electron chi connectivity index (χ0n) is 10.7. The van der Waals surface area contributed by atoms with E-state index in [0.717, 1.165) is 5.56 Å². The molecule has 0 unspecified atom stereocenters. The summed E-state index contributed by atoms with van der Waals surface area (Å²) in [4.78, 5) is 15.8. The Morgan fingerprint density at radius 1 is 1.53 bits per heavy atom. The van der Waals surface area contributed by atoms with Crippen molar-refractivity contribution in [2.45, 2.75) is 6.92 Å². The number of amides is 1. The molecule has 0 fully saturated rings. The maximum absolute atomic E-state index is 11.8. The van der Waals surface area contributed by atoms with Crippen LogP contribution in [-0.4, -0.2) is 18.0 Å². The molecule has 0 spiro atoms. The van der Waals surface area contributed by atoms with Crippen molar-refractivity contribution in [1.82, 2.24) is 4.98 Å². The smallest absolute Gasteiger partial charge is 0.248 e. The van der Waals surface area contributed by atoms with Crippen LogP contribution in [0.4, 0.5) is 5.69 Å². The van der Waals surface area contributed by atoms with Crippen LogP contribution in [0, 0.1) is 6.92 Å². The Balaban J connectivity index is 2.08. The number of hydrogen-bond donors (Lipinski definition) is 1. The fourth-order valence-electron chi connectivity index (χ4n) is 1.53. The van der Waals surface area contributed by atoms with Crippen LogP contribution in [0.2, 0.25) is 0 Å². The van der Waals surface area contributed by atoms with E-state index in [4.69, 9.17) is 9.15 Å². The highest BCUT2D eigenvalue weighted by Crippen LogP contribution is 2.21. The van der Waals surface area contributed by atoms with Gasteiger partial charge in [0.05, 0.1) is 13.4 Å². The van der Waals surface area contributed by atoms with Gasteiger partial charge in [-0.3, -0.25) is 4.79 Å². The van der Waals surface area contributed by atoms with E-state index in [1.807, 2.05) is 6.92 Å². The zero-order valence-corrected chi connectivity index (χ0v) is 10.7. The summed E-state index contributed by atoms with van der Waals surface area (Å²) in [7, 11) is 1.51. The van der Waals surface area contributed by atoms with Gasteiger partial charge < -0.3 is 14.5 Å². The van der Waals surface area contributed by atoms with E-state index in [0.29, 0.717) is 17.3 Å². The van der Waals surface area contributed by atoms with Gasteiger partial charge in [-0.1, -0.05) is 0 Å². The highest BCUT2D eigenvalue weighted by molar-refractivity contribution is 6.02. The molecule has 1 amide bonds. The Morgan fingerprint density at radius 2 is 2.37 bits per heavy atom. The van der Waals surface area contributed by atoms with Crippen molar-refractivity contribution in [3.63, 3.8) is 0 Å². The minimum atomic E-state index is -0.276. The average molecular weight is 258 g/mol. The molecule has 19 heavy (non-hydrogen) atoms. The monoisotopic (exact) mass is 258 g/mol. The molecule has 0 saturated carbocycles. The van der Waals surface area contributed by atoms with E-state index < -0.39 is 0 Å². The molecule has 98 valence electrons. The predicted octanol–water partition coefficient (Wildman–Crippen LogP) is 2.64. The van der Waals surface area contributed by atoms with Crippen molar-refractivity contribution in [3.8, 4) is 5.88 Å². The van der Waals surface area contributed by atoms with E-state index in [-0.39, 0.29) is 5.91 Å². The first-order valence-corrected chi connectivity index (χ1v) is 5.72. The van der Waals surface area contributed by atoms with Crippen molar-refractivity contribution in [3.05, 3.63) is 48.1 Å². The number of hydrogen-bond acceptors (Lipinski definition) is 4. The van der Waals surface area contributed by atoms with Crippen LogP contribution in [0.25, 0.3) is 6.08 Å². The second-order valence-corrected chi connectivity index (χ2v) is 3.91. The van der Waals surface area contributed by atoms with Crippen molar-refractivity contribution in [2.75, 3.05) is 12.4 Å². The largest absolute Gasteiger partial charge is 0.480 e. The number of nitrogens with zero attached hydrogens (tertiary/aromatic N) is 1. The first kappa shape index (κ1) is 12.9. The molecule has 5 heteroatoms. The van der Waals surface area contributed by atoms with Gasteiger partial charge in [0, 0.05) is 12.3 Å². The molecule has 0 radical (unpaired) electrons. The van der Waals surface area contributed by atoms with Crippen LogP contribution in [0.5, 0.6) is 5.88 Å². The van der Waals surface area contributed by atoms with Crippen LogP contribution < -0.4 is 10.1 Å². The van der Waals surface area contributed by atoms with Crippen molar-refractivity contribution in [1.29, 1.82) is 0 Å². The Kier molecular flexibility index (Phi) is 3.97. The summed E-state index contributed by atoms with van der Waals surface area (Å²) in [5.74, 6) is 0.719. The summed E-state index contributed by atoms with van der Waals surface area (Å²) < 4.78 is 10.2. The number of nitrogens with one attached hydrogen (secondary N) is 1. The number of methoxy groups -OCH3 is 1. The van der Waals surface area contributed by atoms with Crippen molar-refractivity contribution < 1.29 is 13.9 Å². The Morgan fingerprint density at radius 3 is 3.05 bits per heavy atom. The maximum Gasteiger partial charge on any atom is 0.248 e. The lowest BCUT2D eigenvalue weighted by Crippen LogP contribution is -2.09.